The number of nitrogens with one attached hydrogen (secondary N) is 1. The number of hydrogen-bond acceptors (Lipinski definition) is 7. The number of methoxy groups -OCH3 is 2. The molecule has 4 aromatic rings. The Kier molecular flexibility index (Phi) is 4.10. The van der Waals surface area contributed by atoms with Gasteiger partial charge in [-0.2, -0.15) is 4.98 Å². The molecule has 130 valence electrons. The normalized spacial score (nSPS) is 10.7. The Labute approximate surface area is 149 Å². The first kappa shape index (κ1) is 15.9. The van der Waals surface area contributed by atoms with Crippen LogP contribution in [0.1, 0.15) is 0 Å². The summed E-state index contributed by atoms with van der Waals surface area (Å²) in [4.78, 5) is 8.53. The van der Waals surface area contributed by atoms with Crippen LogP contribution < -0.4 is 14.8 Å². The number of fused-ring (bicyclic) bond motifs is 1. The van der Waals surface area contributed by atoms with Crippen LogP contribution in [0.4, 0.5) is 11.5 Å². The van der Waals surface area contributed by atoms with Crippen molar-refractivity contribution in [2.75, 3.05) is 19.5 Å². The monoisotopic (exact) mass is 348 g/mol. The molecule has 2 aromatic carbocycles. The largest absolute Gasteiger partial charge is 0.497 e. The van der Waals surface area contributed by atoms with Gasteiger partial charge in [0.2, 0.25) is 0 Å². The zero-order valence-electron chi connectivity index (χ0n) is 14.3. The smallest absolute Gasteiger partial charge is 0.263 e. The number of aromatic nitrogens is 3. The Bertz CT molecular complexity index is 1060. The van der Waals surface area contributed by atoms with Crippen LogP contribution in [-0.2, 0) is 0 Å². The lowest BCUT2D eigenvalue weighted by Crippen LogP contribution is -1.96. The predicted octanol–water partition coefficient (Wildman–Crippen LogP) is 4.05. The summed E-state index contributed by atoms with van der Waals surface area (Å²) in [6, 6.07) is 15.2. The van der Waals surface area contributed by atoms with Crippen molar-refractivity contribution in [1.82, 2.24) is 15.1 Å². The molecule has 0 bridgehead atoms. The molecule has 0 atom stereocenters. The van der Waals surface area contributed by atoms with Crippen molar-refractivity contribution in [3.63, 3.8) is 0 Å². The van der Waals surface area contributed by atoms with Gasteiger partial charge >= 0.3 is 0 Å². The van der Waals surface area contributed by atoms with Crippen LogP contribution in [-0.4, -0.2) is 29.3 Å². The number of anilines is 2. The van der Waals surface area contributed by atoms with E-state index in [1.807, 2.05) is 48.5 Å². The molecule has 1 N–H and O–H groups in total. The van der Waals surface area contributed by atoms with E-state index in [1.54, 1.807) is 14.2 Å². The Hall–Kier alpha value is -3.61. The quantitative estimate of drug-likeness (QED) is 0.582. The Morgan fingerprint density at radius 2 is 1.69 bits per heavy atom. The minimum Gasteiger partial charge on any atom is -0.497 e. The van der Waals surface area contributed by atoms with E-state index in [0.717, 1.165) is 22.7 Å². The summed E-state index contributed by atoms with van der Waals surface area (Å²) in [6.07, 6.45) is 1.44. The van der Waals surface area contributed by atoms with Gasteiger partial charge < -0.3 is 19.3 Å². The lowest BCUT2D eigenvalue weighted by Gasteiger charge is -2.08. The molecule has 7 heteroatoms. The number of ether oxygens (including phenoxy) is 2. The second-order valence-corrected chi connectivity index (χ2v) is 5.52. The van der Waals surface area contributed by atoms with Crippen molar-refractivity contribution in [3.05, 3.63) is 54.9 Å². The van der Waals surface area contributed by atoms with Gasteiger partial charge in [-0.15, -0.1) is 0 Å². The average molecular weight is 348 g/mol. The summed E-state index contributed by atoms with van der Waals surface area (Å²) >= 11 is 0. The van der Waals surface area contributed by atoms with Gasteiger partial charge in [0.15, 0.2) is 0 Å². The summed E-state index contributed by atoms with van der Waals surface area (Å²) in [6.45, 7) is 0. The van der Waals surface area contributed by atoms with E-state index in [4.69, 9.17) is 14.0 Å². The molecule has 2 aromatic heterocycles. The first-order valence-electron chi connectivity index (χ1n) is 7.94. The van der Waals surface area contributed by atoms with Gasteiger partial charge in [0.05, 0.1) is 14.2 Å². The molecule has 0 aliphatic heterocycles. The molecule has 0 saturated carbocycles. The summed E-state index contributed by atoms with van der Waals surface area (Å²) in [5.41, 5.74) is 2.74. The van der Waals surface area contributed by atoms with Crippen LogP contribution >= 0.6 is 0 Å². The van der Waals surface area contributed by atoms with Gasteiger partial charge in [0.1, 0.15) is 34.7 Å². The van der Waals surface area contributed by atoms with Crippen molar-refractivity contribution in [1.29, 1.82) is 0 Å². The number of benzene rings is 2. The standard InChI is InChI=1S/C19H16N4O3/c1-24-14-7-3-5-12(9-14)17-16-18(20-11-21-19(16)26-23-17)22-13-6-4-8-15(10-13)25-2/h3-11H,1-2H3,(H,20,21,22). The first-order valence-corrected chi connectivity index (χ1v) is 7.94. The third kappa shape index (κ3) is 2.90. The van der Waals surface area contributed by atoms with E-state index in [0.29, 0.717) is 22.6 Å². The maximum atomic E-state index is 5.39. The molecule has 7 nitrogen and oxygen atoms in total. The lowest BCUT2D eigenvalue weighted by atomic mass is 10.1. The minimum atomic E-state index is 0.406. The predicted molar refractivity (Wildman–Crippen MR) is 97.9 cm³/mol. The third-order valence-corrected chi connectivity index (χ3v) is 3.95. The highest BCUT2D eigenvalue weighted by Gasteiger charge is 2.17. The van der Waals surface area contributed by atoms with Crippen molar-refractivity contribution in [2.24, 2.45) is 0 Å². The van der Waals surface area contributed by atoms with Crippen LogP contribution in [0.5, 0.6) is 11.5 Å². The molecule has 0 radical (unpaired) electrons. The molecule has 0 aliphatic carbocycles. The fourth-order valence-corrected chi connectivity index (χ4v) is 2.69. The maximum Gasteiger partial charge on any atom is 0.263 e. The Morgan fingerprint density at radius 3 is 2.50 bits per heavy atom. The van der Waals surface area contributed by atoms with E-state index in [1.165, 1.54) is 6.33 Å². The molecule has 26 heavy (non-hydrogen) atoms. The summed E-state index contributed by atoms with van der Waals surface area (Å²) in [7, 11) is 3.25. The van der Waals surface area contributed by atoms with E-state index in [-0.39, 0.29) is 0 Å². The highest BCUT2D eigenvalue weighted by molar-refractivity contribution is 5.98. The average Bonchev–Trinajstić information content (AvgIpc) is 3.13. The number of hydrogen-bond donors (Lipinski definition) is 1. The summed E-state index contributed by atoms with van der Waals surface area (Å²) < 4.78 is 16.0. The number of rotatable bonds is 5. The summed E-state index contributed by atoms with van der Waals surface area (Å²) in [5, 5.41) is 8.16. The van der Waals surface area contributed by atoms with Crippen LogP contribution in [0.25, 0.3) is 22.4 Å². The van der Waals surface area contributed by atoms with Gasteiger partial charge in [0.25, 0.3) is 5.71 Å². The van der Waals surface area contributed by atoms with Gasteiger partial charge in [0, 0.05) is 17.3 Å². The highest BCUT2D eigenvalue weighted by atomic mass is 16.5. The molecular weight excluding hydrogens is 332 g/mol. The molecule has 0 amide bonds. The fraction of sp³-hybridized carbons (Fsp3) is 0.105. The van der Waals surface area contributed by atoms with Gasteiger partial charge in [-0.1, -0.05) is 23.4 Å². The van der Waals surface area contributed by atoms with E-state index in [2.05, 4.69) is 20.4 Å². The van der Waals surface area contributed by atoms with E-state index < -0.39 is 0 Å². The van der Waals surface area contributed by atoms with Gasteiger partial charge in [-0.05, 0) is 24.3 Å². The first-order chi connectivity index (χ1) is 12.8. The van der Waals surface area contributed by atoms with Crippen molar-refractivity contribution in [3.8, 4) is 22.8 Å². The van der Waals surface area contributed by atoms with Crippen LogP contribution in [0.15, 0.2) is 59.4 Å². The summed E-state index contributed by atoms with van der Waals surface area (Å²) in [5.74, 6) is 2.08. The van der Waals surface area contributed by atoms with Gasteiger partial charge in [-0.3, -0.25) is 0 Å². The van der Waals surface area contributed by atoms with Crippen molar-refractivity contribution < 1.29 is 14.0 Å². The second kappa shape index (κ2) is 6.72. The molecule has 0 unspecified atom stereocenters. The van der Waals surface area contributed by atoms with Crippen molar-refractivity contribution in [2.45, 2.75) is 0 Å². The maximum absolute atomic E-state index is 5.39. The Balaban J connectivity index is 1.81. The molecular formula is C19H16N4O3. The molecule has 0 aliphatic rings. The highest BCUT2D eigenvalue weighted by Crippen LogP contribution is 2.34. The molecule has 0 saturated heterocycles. The number of nitrogens with zero attached hydrogens (tertiary/aromatic N) is 3. The molecule has 4 rings (SSSR count). The van der Waals surface area contributed by atoms with Crippen LogP contribution in [0, 0.1) is 0 Å². The lowest BCUT2D eigenvalue weighted by molar-refractivity contribution is 0.415. The third-order valence-electron chi connectivity index (χ3n) is 3.95. The zero-order valence-corrected chi connectivity index (χ0v) is 14.3. The zero-order chi connectivity index (χ0) is 17.9. The van der Waals surface area contributed by atoms with Gasteiger partial charge in [-0.25, -0.2) is 4.98 Å². The van der Waals surface area contributed by atoms with Crippen LogP contribution in [0.3, 0.4) is 0 Å². The second-order valence-electron chi connectivity index (χ2n) is 5.52. The van der Waals surface area contributed by atoms with Crippen LogP contribution in [0.2, 0.25) is 0 Å². The van der Waals surface area contributed by atoms with E-state index in [9.17, 15) is 0 Å². The molecule has 0 spiro atoms. The Morgan fingerprint density at radius 1 is 0.923 bits per heavy atom. The SMILES string of the molecule is COc1cccc(Nc2ncnc3onc(-c4cccc(OC)c4)c23)c1. The fourth-order valence-electron chi connectivity index (χ4n) is 2.69. The molecule has 0 fully saturated rings. The van der Waals surface area contributed by atoms with Crippen molar-refractivity contribution >= 4 is 22.6 Å². The minimum absolute atomic E-state index is 0.406. The topological polar surface area (TPSA) is 82.3 Å². The molecule has 2 heterocycles. The van der Waals surface area contributed by atoms with E-state index >= 15 is 0 Å².